The maximum atomic E-state index is 13.0. The van der Waals surface area contributed by atoms with Crippen molar-refractivity contribution in [2.24, 2.45) is 7.05 Å². The first-order chi connectivity index (χ1) is 9.58. The summed E-state index contributed by atoms with van der Waals surface area (Å²) in [5.41, 5.74) is 2.19. The Bertz CT molecular complexity index is 568. The smallest absolute Gasteiger partial charge is 0.124 e. The molecule has 20 heavy (non-hydrogen) atoms. The Morgan fingerprint density at radius 3 is 2.85 bits per heavy atom. The predicted molar refractivity (Wildman–Crippen MR) is 79.5 cm³/mol. The Kier molecular flexibility index (Phi) is 5.15. The average molecular weight is 296 g/mol. The number of hydrogen-bond acceptors (Lipinski definition) is 2. The Morgan fingerprint density at radius 2 is 2.25 bits per heavy atom. The minimum Gasteiger partial charge on any atom is -0.317 e. The standard InChI is InChI=1S/C15H19ClFN3/c1-18-14(6-3-11-9-19-20(2)10-11)7-12-4-5-13(17)8-15(12)16/h4-5,8-10,14,18H,3,6-7H2,1-2H3. The third kappa shape index (κ3) is 4.05. The maximum absolute atomic E-state index is 13.0. The van der Waals surface area contributed by atoms with Crippen LogP contribution in [0.2, 0.25) is 5.02 Å². The molecule has 0 fully saturated rings. The summed E-state index contributed by atoms with van der Waals surface area (Å²) in [6, 6.07) is 4.88. The first kappa shape index (κ1) is 15.0. The van der Waals surface area contributed by atoms with Gasteiger partial charge in [-0.3, -0.25) is 4.68 Å². The lowest BCUT2D eigenvalue weighted by atomic mass is 10.0. The van der Waals surface area contributed by atoms with Crippen LogP contribution in [0.4, 0.5) is 4.39 Å². The quantitative estimate of drug-likeness (QED) is 0.888. The Balaban J connectivity index is 1.94. The molecule has 1 aromatic heterocycles. The monoisotopic (exact) mass is 295 g/mol. The summed E-state index contributed by atoms with van der Waals surface area (Å²) in [5, 5.41) is 7.94. The minimum absolute atomic E-state index is 0.296. The SMILES string of the molecule is CNC(CCc1cnn(C)c1)Cc1ccc(F)cc1Cl. The third-order valence-electron chi connectivity index (χ3n) is 3.43. The van der Waals surface area contributed by atoms with Crippen LogP contribution >= 0.6 is 11.6 Å². The molecule has 0 spiro atoms. The van der Waals surface area contributed by atoms with Gasteiger partial charge in [-0.2, -0.15) is 5.10 Å². The molecule has 1 unspecified atom stereocenters. The van der Waals surface area contributed by atoms with Crippen LogP contribution in [0.5, 0.6) is 0 Å². The number of hydrogen-bond donors (Lipinski definition) is 1. The molecule has 0 radical (unpaired) electrons. The zero-order valence-electron chi connectivity index (χ0n) is 11.7. The van der Waals surface area contributed by atoms with Gasteiger partial charge >= 0.3 is 0 Å². The molecule has 0 bridgehead atoms. The van der Waals surface area contributed by atoms with Crippen LogP contribution < -0.4 is 5.32 Å². The average Bonchev–Trinajstić information content (AvgIpc) is 2.82. The number of nitrogens with zero attached hydrogens (tertiary/aromatic N) is 2. The van der Waals surface area contributed by atoms with Crippen molar-refractivity contribution < 1.29 is 4.39 Å². The number of benzene rings is 1. The molecular formula is C15H19ClFN3. The molecule has 5 heteroatoms. The molecule has 0 saturated heterocycles. The summed E-state index contributed by atoms with van der Waals surface area (Å²) in [4.78, 5) is 0. The molecule has 1 atom stereocenters. The molecule has 0 aliphatic carbocycles. The van der Waals surface area contributed by atoms with E-state index in [4.69, 9.17) is 11.6 Å². The van der Waals surface area contributed by atoms with Crippen molar-refractivity contribution in [1.82, 2.24) is 15.1 Å². The lowest BCUT2D eigenvalue weighted by molar-refractivity contribution is 0.519. The summed E-state index contributed by atoms with van der Waals surface area (Å²) < 4.78 is 14.8. The molecule has 0 amide bonds. The second-order valence-electron chi connectivity index (χ2n) is 4.99. The number of halogens is 2. The van der Waals surface area contributed by atoms with Gasteiger partial charge in [-0.1, -0.05) is 17.7 Å². The Hall–Kier alpha value is -1.39. The molecule has 0 saturated carbocycles. The highest BCUT2D eigenvalue weighted by atomic mass is 35.5. The van der Waals surface area contributed by atoms with E-state index >= 15 is 0 Å². The highest BCUT2D eigenvalue weighted by Gasteiger charge is 2.11. The Morgan fingerprint density at radius 1 is 1.45 bits per heavy atom. The fourth-order valence-electron chi connectivity index (χ4n) is 2.24. The second-order valence-corrected chi connectivity index (χ2v) is 5.39. The van der Waals surface area contributed by atoms with Gasteiger partial charge in [0.2, 0.25) is 0 Å². The molecular weight excluding hydrogens is 277 g/mol. The van der Waals surface area contributed by atoms with E-state index in [0.717, 1.165) is 24.8 Å². The van der Waals surface area contributed by atoms with Crippen molar-refractivity contribution in [3.8, 4) is 0 Å². The van der Waals surface area contributed by atoms with E-state index in [-0.39, 0.29) is 5.82 Å². The number of nitrogens with one attached hydrogen (secondary N) is 1. The number of likely N-dealkylation sites (N-methyl/N-ethyl adjacent to an activating group) is 1. The number of aromatic nitrogens is 2. The first-order valence-corrected chi connectivity index (χ1v) is 7.05. The van der Waals surface area contributed by atoms with Crippen molar-refractivity contribution in [2.45, 2.75) is 25.3 Å². The van der Waals surface area contributed by atoms with E-state index in [0.29, 0.717) is 11.1 Å². The van der Waals surface area contributed by atoms with Gasteiger partial charge in [-0.25, -0.2) is 4.39 Å². The van der Waals surface area contributed by atoms with Crippen molar-refractivity contribution in [1.29, 1.82) is 0 Å². The van der Waals surface area contributed by atoms with Crippen LogP contribution in [0.25, 0.3) is 0 Å². The first-order valence-electron chi connectivity index (χ1n) is 6.67. The summed E-state index contributed by atoms with van der Waals surface area (Å²) in [6.07, 6.45) is 6.64. The van der Waals surface area contributed by atoms with Crippen LogP contribution in [-0.4, -0.2) is 22.9 Å². The highest BCUT2D eigenvalue weighted by molar-refractivity contribution is 6.31. The van der Waals surface area contributed by atoms with Gasteiger partial charge in [-0.05, 0) is 49.6 Å². The largest absolute Gasteiger partial charge is 0.317 e. The van der Waals surface area contributed by atoms with E-state index in [1.165, 1.54) is 17.7 Å². The van der Waals surface area contributed by atoms with Crippen molar-refractivity contribution in [3.63, 3.8) is 0 Å². The molecule has 1 N–H and O–H groups in total. The molecule has 2 aromatic rings. The highest BCUT2D eigenvalue weighted by Crippen LogP contribution is 2.20. The molecule has 1 heterocycles. The van der Waals surface area contributed by atoms with Crippen LogP contribution in [0.15, 0.2) is 30.6 Å². The summed E-state index contributed by atoms with van der Waals surface area (Å²) >= 11 is 6.07. The fourth-order valence-corrected chi connectivity index (χ4v) is 2.49. The topological polar surface area (TPSA) is 29.9 Å². The minimum atomic E-state index is -0.296. The molecule has 108 valence electrons. The summed E-state index contributed by atoms with van der Waals surface area (Å²) in [5.74, 6) is -0.296. The predicted octanol–water partition coefficient (Wildman–Crippen LogP) is 2.98. The van der Waals surface area contributed by atoms with E-state index in [1.807, 2.05) is 26.5 Å². The summed E-state index contributed by atoms with van der Waals surface area (Å²) in [7, 11) is 3.85. The van der Waals surface area contributed by atoms with Crippen molar-refractivity contribution in [2.75, 3.05) is 7.05 Å². The van der Waals surface area contributed by atoms with Gasteiger partial charge in [0, 0.05) is 24.3 Å². The third-order valence-corrected chi connectivity index (χ3v) is 3.78. The van der Waals surface area contributed by atoms with Gasteiger partial charge in [0.05, 0.1) is 6.20 Å². The van der Waals surface area contributed by atoms with Gasteiger partial charge in [0.1, 0.15) is 5.82 Å². The van der Waals surface area contributed by atoms with Crippen LogP contribution in [0.1, 0.15) is 17.5 Å². The summed E-state index contributed by atoms with van der Waals surface area (Å²) in [6.45, 7) is 0. The Labute approximate surface area is 123 Å². The van der Waals surface area contributed by atoms with Crippen molar-refractivity contribution >= 4 is 11.6 Å². The molecule has 0 aliphatic heterocycles. The second kappa shape index (κ2) is 6.86. The van der Waals surface area contributed by atoms with E-state index in [2.05, 4.69) is 10.4 Å². The molecule has 3 nitrogen and oxygen atoms in total. The van der Waals surface area contributed by atoms with E-state index in [9.17, 15) is 4.39 Å². The van der Waals surface area contributed by atoms with E-state index < -0.39 is 0 Å². The zero-order valence-corrected chi connectivity index (χ0v) is 12.5. The fraction of sp³-hybridized carbons (Fsp3) is 0.400. The number of aryl methyl sites for hydroxylation is 2. The normalized spacial score (nSPS) is 12.6. The van der Waals surface area contributed by atoms with Crippen LogP contribution in [-0.2, 0) is 19.9 Å². The molecule has 1 aromatic carbocycles. The maximum Gasteiger partial charge on any atom is 0.124 e. The van der Waals surface area contributed by atoms with Crippen molar-refractivity contribution in [3.05, 3.63) is 52.6 Å². The van der Waals surface area contributed by atoms with Gasteiger partial charge in [-0.15, -0.1) is 0 Å². The zero-order chi connectivity index (χ0) is 14.5. The number of rotatable bonds is 6. The van der Waals surface area contributed by atoms with Gasteiger partial charge in [0.25, 0.3) is 0 Å². The molecule has 0 aliphatic rings. The lowest BCUT2D eigenvalue weighted by Crippen LogP contribution is -2.28. The van der Waals surface area contributed by atoms with Crippen LogP contribution in [0, 0.1) is 5.82 Å². The van der Waals surface area contributed by atoms with Gasteiger partial charge < -0.3 is 5.32 Å². The van der Waals surface area contributed by atoms with Crippen LogP contribution in [0.3, 0.4) is 0 Å². The molecule has 2 rings (SSSR count). The van der Waals surface area contributed by atoms with E-state index in [1.54, 1.807) is 10.7 Å². The van der Waals surface area contributed by atoms with Gasteiger partial charge in [0.15, 0.2) is 0 Å². The lowest BCUT2D eigenvalue weighted by Gasteiger charge is -2.16.